The standard InChI is InChI=1S/C20H21FN6O.ClH/c21-16-1-2-17-14(10-16)9-15(11-23-17)20(28)26-6-3-13(4-7-26)19-25-24-18-12-22-5-8-27(18)19;/h1-2,9-11,13,22H,3-8,12H2;1H. The second-order valence-electron chi connectivity index (χ2n) is 7.43. The number of piperidine rings is 1. The summed E-state index contributed by atoms with van der Waals surface area (Å²) in [4.78, 5) is 19.1. The number of carbonyl (C=O) groups excluding carboxylic acids is 1. The number of nitrogens with zero attached hydrogens (tertiary/aromatic N) is 5. The number of halogens is 2. The molecule has 1 N–H and O–H groups in total. The molecule has 1 saturated heterocycles. The molecule has 0 saturated carbocycles. The van der Waals surface area contributed by atoms with E-state index < -0.39 is 0 Å². The quantitative estimate of drug-likeness (QED) is 0.694. The molecule has 1 fully saturated rings. The molecule has 2 aromatic heterocycles. The van der Waals surface area contributed by atoms with Crippen LogP contribution < -0.4 is 5.32 Å². The maximum Gasteiger partial charge on any atom is 0.255 e. The molecule has 7 nitrogen and oxygen atoms in total. The normalized spacial score (nSPS) is 17.1. The number of hydrogen-bond acceptors (Lipinski definition) is 5. The second-order valence-corrected chi connectivity index (χ2v) is 7.43. The highest BCUT2D eigenvalue weighted by atomic mass is 35.5. The van der Waals surface area contributed by atoms with Gasteiger partial charge in [0.15, 0.2) is 0 Å². The van der Waals surface area contributed by atoms with E-state index in [4.69, 9.17) is 0 Å². The average Bonchev–Trinajstić information content (AvgIpc) is 3.17. The van der Waals surface area contributed by atoms with E-state index >= 15 is 0 Å². The zero-order valence-corrected chi connectivity index (χ0v) is 16.7. The molecule has 2 aliphatic rings. The highest BCUT2D eigenvalue weighted by Crippen LogP contribution is 2.28. The molecule has 3 aromatic rings. The number of aromatic nitrogens is 4. The van der Waals surface area contributed by atoms with Crippen LogP contribution in [0.2, 0.25) is 0 Å². The Hall–Kier alpha value is -2.58. The summed E-state index contributed by atoms with van der Waals surface area (Å²) in [6.45, 7) is 3.94. The number of hydrogen-bond donors (Lipinski definition) is 1. The largest absolute Gasteiger partial charge is 0.339 e. The van der Waals surface area contributed by atoms with Crippen LogP contribution in [0.25, 0.3) is 10.9 Å². The summed E-state index contributed by atoms with van der Waals surface area (Å²) in [5, 5.41) is 12.7. The van der Waals surface area contributed by atoms with E-state index in [-0.39, 0.29) is 24.1 Å². The Bertz CT molecular complexity index is 1050. The van der Waals surface area contributed by atoms with E-state index in [1.807, 2.05) is 4.90 Å². The van der Waals surface area contributed by atoms with Gasteiger partial charge >= 0.3 is 0 Å². The van der Waals surface area contributed by atoms with Gasteiger partial charge in [-0.3, -0.25) is 9.78 Å². The third-order valence-corrected chi connectivity index (χ3v) is 5.69. The summed E-state index contributed by atoms with van der Waals surface area (Å²) in [5.41, 5.74) is 1.19. The van der Waals surface area contributed by atoms with E-state index in [9.17, 15) is 9.18 Å². The van der Waals surface area contributed by atoms with Crippen molar-refractivity contribution in [2.75, 3.05) is 19.6 Å². The van der Waals surface area contributed by atoms with Gasteiger partial charge in [0.1, 0.15) is 17.5 Å². The molecule has 0 aliphatic carbocycles. The van der Waals surface area contributed by atoms with Crippen molar-refractivity contribution in [1.82, 2.24) is 30.0 Å². The number of carbonyl (C=O) groups is 1. The molecule has 5 rings (SSSR count). The molecule has 0 bridgehead atoms. The minimum Gasteiger partial charge on any atom is -0.339 e. The summed E-state index contributed by atoms with van der Waals surface area (Å²) in [5.74, 6) is 1.99. The highest BCUT2D eigenvalue weighted by Gasteiger charge is 2.29. The maximum atomic E-state index is 13.5. The second kappa shape index (κ2) is 8.04. The van der Waals surface area contributed by atoms with Gasteiger partial charge in [-0.15, -0.1) is 22.6 Å². The molecule has 1 aromatic carbocycles. The molecule has 0 radical (unpaired) electrons. The number of benzene rings is 1. The third kappa shape index (κ3) is 3.70. The molecule has 4 heterocycles. The summed E-state index contributed by atoms with van der Waals surface area (Å²) in [6, 6.07) is 6.14. The van der Waals surface area contributed by atoms with Gasteiger partial charge in [0.25, 0.3) is 5.91 Å². The maximum absolute atomic E-state index is 13.5. The summed E-state index contributed by atoms with van der Waals surface area (Å²) < 4.78 is 15.7. The van der Waals surface area contributed by atoms with Crippen molar-refractivity contribution in [2.24, 2.45) is 0 Å². The van der Waals surface area contributed by atoms with Gasteiger partial charge in [0.05, 0.1) is 17.6 Å². The van der Waals surface area contributed by atoms with Gasteiger partial charge in [0.2, 0.25) is 0 Å². The predicted molar refractivity (Wildman–Crippen MR) is 109 cm³/mol. The highest BCUT2D eigenvalue weighted by molar-refractivity contribution is 5.97. The van der Waals surface area contributed by atoms with Crippen LogP contribution in [-0.2, 0) is 13.1 Å². The zero-order chi connectivity index (χ0) is 19.1. The molecule has 0 atom stereocenters. The minimum absolute atomic E-state index is 0. The Labute approximate surface area is 173 Å². The number of fused-ring (bicyclic) bond motifs is 2. The minimum atomic E-state index is -0.327. The lowest BCUT2D eigenvalue weighted by molar-refractivity contribution is 0.0710. The monoisotopic (exact) mass is 416 g/mol. The van der Waals surface area contributed by atoms with Crippen LogP contribution in [0.4, 0.5) is 4.39 Å². The fourth-order valence-corrected chi connectivity index (χ4v) is 4.16. The van der Waals surface area contributed by atoms with Crippen LogP contribution in [0.5, 0.6) is 0 Å². The van der Waals surface area contributed by atoms with E-state index in [1.165, 1.54) is 12.1 Å². The van der Waals surface area contributed by atoms with Crippen LogP contribution in [0.1, 0.15) is 40.8 Å². The first-order valence-corrected chi connectivity index (χ1v) is 9.66. The predicted octanol–water partition coefficient (Wildman–Crippen LogP) is 2.51. The Morgan fingerprint density at radius 1 is 1.14 bits per heavy atom. The van der Waals surface area contributed by atoms with Crippen LogP contribution in [-0.4, -0.2) is 50.2 Å². The van der Waals surface area contributed by atoms with Gasteiger partial charge in [0, 0.05) is 43.7 Å². The third-order valence-electron chi connectivity index (χ3n) is 5.69. The van der Waals surface area contributed by atoms with E-state index in [1.54, 1.807) is 18.3 Å². The Kier molecular flexibility index (Phi) is 5.47. The van der Waals surface area contributed by atoms with Crippen molar-refractivity contribution < 1.29 is 9.18 Å². The van der Waals surface area contributed by atoms with Gasteiger partial charge in [-0.05, 0) is 37.1 Å². The summed E-state index contributed by atoms with van der Waals surface area (Å²) >= 11 is 0. The van der Waals surface area contributed by atoms with E-state index in [0.717, 1.165) is 44.1 Å². The van der Waals surface area contributed by atoms with Crippen LogP contribution in [0.15, 0.2) is 30.5 Å². The molecule has 1 amide bonds. The number of pyridine rings is 1. The van der Waals surface area contributed by atoms with Gasteiger partial charge < -0.3 is 14.8 Å². The molecule has 152 valence electrons. The fraction of sp³-hybridized carbons (Fsp3) is 0.400. The van der Waals surface area contributed by atoms with Crippen molar-refractivity contribution in [3.63, 3.8) is 0 Å². The summed E-state index contributed by atoms with van der Waals surface area (Å²) in [6.07, 6.45) is 3.32. The molecule has 0 spiro atoms. The van der Waals surface area contributed by atoms with Crippen LogP contribution in [0, 0.1) is 5.82 Å². The summed E-state index contributed by atoms with van der Waals surface area (Å²) in [7, 11) is 0. The van der Waals surface area contributed by atoms with Crippen molar-refractivity contribution >= 4 is 29.2 Å². The molecular weight excluding hydrogens is 395 g/mol. The SMILES string of the molecule is Cl.O=C(c1cnc2ccc(F)cc2c1)N1CCC(c2nnc3n2CCNC3)CC1. The zero-order valence-electron chi connectivity index (χ0n) is 15.8. The lowest BCUT2D eigenvalue weighted by atomic mass is 9.95. The topological polar surface area (TPSA) is 75.9 Å². The first-order chi connectivity index (χ1) is 13.7. The van der Waals surface area contributed by atoms with Gasteiger partial charge in [-0.2, -0.15) is 0 Å². The lowest BCUT2D eigenvalue weighted by Crippen LogP contribution is -2.39. The van der Waals surface area contributed by atoms with Crippen LogP contribution in [0.3, 0.4) is 0 Å². The Morgan fingerprint density at radius 2 is 1.97 bits per heavy atom. The van der Waals surface area contributed by atoms with Crippen molar-refractivity contribution in [2.45, 2.75) is 31.8 Å². The van der Waals surface area contributed by atoms with Crippen molar-refractivity contribution in [3.8, 4) is 0 Å². The van der Waals surface area contributed by atoms with Crippen molar-refractivity contribution in [1.29, 1.82) is 0 Å². The lowest BCUT2D eigenvalue weighted by Gasteiger charge is -2.32. The number of amides is 1. The van der Waals surface area contributed by atoms with E-state index in [0.29, 0.717) is 35.5 Å². The first-order valence-electron chi connectivity index (χ1n) is 9.66. The first kappa shape index (κ1) is 19.7. The number of likely N-dealkylation sites (tertiary alicyclic amines) is 1. The van der Waals surface area contributed by atoms with Gasteiger partial charge in [-0.1, -0.05) is 0 Å². The van der Waals surface area contributed by atoms with Crippen LogP contribution >= 0.6 is 12.4 Å². The number of rotatable bonds is 2. The van der Waals surface area contributed by atoms with E-state index in [2.05, 4.69) is 25.1 Å². The number of nitrogens with one attached hydrogen (secondary N) is 1. The van der Waals surface area contributed by atoms with Crippen molar-refractivity contribution in [3.05, 3.63) is 53.5 Å². The fourth-order valence-electron chi connectivity index (χ4n) is 4.16. The molecule has 2 aliphatic heterocycles. The molecular formula is C20H22ClFN6O. The van der Waals surface area contributed by atoms with Gasteiger partial charge in [-0.25, -0.2) is 4.39 Å². The molecule has 0 unspecified atom stereocenters. The Morgan fingerprint density at radius 3 is 2.79 bits per heavy atom. The smallest absolute Gasteiger partial charge is 0.255 e. The molecule has 9 heteroatoms. The average molecular weight is 417 g/mol. The molecule has 29 heavy (non-hydrogen) atoms. The Balaban J connectivity index is 0.00000205.